The minimum atomic E-state index is 0.0102. The number of amides is 1. The molecule has 1 amide bonds. The standard InChI is InChI=1S/C22H26N4O/c1-16(13-17-9-5-4-6-10-17)23-15-22(27)25-20-14-21(26(2)3)24-19-12-8-7-11-18(19)20/h4-12,14,16,23H,13,15H2,1-3H3,(H,24,25,27)/p+2/t16-/m1/s1. The summed E-state index contributed by atoms with van der Waals surface area (Å²) in [5.41, 5.74) is 3.13. The van der Waals surface area contributed by atoms with E-state index in [4.69, 9.17) is 0 Å². The lowest BCUT2D eigenvalue weighted by Crippen LogP contribution is -2.91. The molecule has 5 nitrogen and oxygen atoms in total. The third kappa shape index (κ3) is 5.05. The van der Waals surface area contributed by atoms with Crippen molar-refractivity contribution in [3.63, 3.8) is 0 Å². The molecule has 2 aromatic carbocycles. The number of rotatable bonds is 7. The van der Waals surface area contributed by atoms with Crippen LogP contribution in [0.4, 0.5) is 11.5 Å². The second kappa shape index (κ2) is 8.64. The summed E-state index contributed by atoms with van der Waals surface area (Å²) in [7, 11) is 3.95. The number of carbonyl (C=O) groups is 1. The topological polar surface area (TPSA) is 63.1 Å². The van der Waals surface area contributed by atoms with Gasteiger partial charge in [0.1, 0.15) is 5.52 Å². The summed E-state index contributed by atoms with van der Waals surface area (Å²) in [5.74, 6) is 0.960. The van der Waals surface area contributed by atoms with Crippen LogP contribution in [0.3, 0.4) is 0 Å². The van der Waals surface area contributed by atoms with Gasteiger partial charge in [-0.15, -0.1) is 0 Å². The van der Waals surface area contributed by atoms with Gasteiger partial charge in [-0.1, -0.05) is 42.5 Å². The normalized spacial score (nSPS) is 12.0. The number of hydrogen-bond donors (Lipinski definition) is 2. The maximum Gasteiger partial charge on any atom is 0.279 e. The zero-order valence-corrected chi connectivity index (χ0v) is 16.2. The zero-order valence-electron chi connectivity index (χ0n) is 16.2. The number of quaternary nitrogens is 1. The van der Waals surface area contributed by atoms with E-state index in [1.807, 2.05) is 55.4 Å². The Morgan fingerprint density at radius 1 is 1.11 bits per heavy atom. The molecule has 0 saturated carbocycles. The molecule has 4 N–H and O–H groups in total. The molecular weight excluding hydrogens is 336 g/mol. The smallest absolute Gasteiger partial charge is 0.279 e. The first-order valence-electron chi connectivity index (χ1n) is 9.32. The van der Waals surface area contributed by atoms with Gasteiger partial charge in [-0.3, -0.25) is 9.69 Å². The van der Waals surface area contributed by atoms with Crippen molar-refractivity contribution >= 4 is 28.3 Å². The molecular formula is C22H28N4O+2. The number of benzene rings is 2. The van der Waals surface area contributed by atoms with Crippen molar-refractivity contribution in [2.75, 3.05) is 30.9 Å². The molecule has 0 radical (unpaired) electrons. The number of para-hydroxylation sites is 1. The number of nitrogens with two attached hydrogens (primary N) is 1. The van der Waals surface area contributed by atoms with E-state index in [-0.39, 0.29) is 5.91 Å². The van der Waals surface area contributed by atoms with Gasteiger partial charge in [0.15, 0.2) is 6.54 Å². The quantitative estimate of drug-likeness (QED) is 0.672. The number of H-pyrrole nitrogens is 1. The summed E-state index contributed by atoms with van der Waals surface area (Å²) >= 11 is 0. The van der Waals surface area contributed by atoms with Gasteiger partial charge >= 0.3 is 0 Å². The van der Waals surface area contributed by atoms with E-state index in [0.29, 0.717) is 12.6 Å². The van der Waals surface area contributed by atoms with Gasteiger partial charge in [0.25, 0.3) is 11.7 Å². The number of anilines is 2. The van der Waals surface area contributed by atoms with Crippen LogP contribution in [0.2, 0.25) is 0 Å². The van der Waals surface area contributed by atoms with Crippen LogP contribution in [0.15, 0.2) is 60.7 Å². The summed E-state index contributed by atoms with van der Waals surface area (Å²) in [6, 6.07) is 20.7. The summed E-state index contributed by atoms with van der Waals surface area (Å²) in [5, 5.41) is 6.18. The Bertz CT molecular complexity index is 909. The van der Waals surface area contributed by atoms with Crippen LogP contribution in [0.5, 0.6) is 0 Å². The molecule has 1 heterocycles. The Hall–Kier alpha value is -2.92. The summed E-state index contributed by atoms with van der Waals surface area (Å²) < 4.78 is 0. The van der Waals surface area contributed by atoms with Crippen molar-refractivity contribution < 1.29 is 15.1 Å². The number of hydrogen-bond acceptors (Lipinski definition) is 2. The molecule has 0 fully saturated rings. The van der Waals surface area contributed by atoms with Gasteiger partial charge in [0.05, 0.1) is 31.9 Å². The molecule has 3 rings (SSSR count). The predicted octanol–water partition coefficient (Wildman–Crippen LogP) is 1.85. The van der Waals surface area contributed by atoms with Crippen molar-refractivity contribution in [1.82, 2.24) is 0 Å². The van der Waals surface area contributed by atoms with Crippen LogP contribution < -0.4 is 20.5 Å². The highest BCUT2D eigenvalue weighted by molar-refractivity contribution is 6.00. The summed E-state index contributed by atoms with van der Waals surface area (Å²) in [6.45, 7) is 2.55. The lowest BCUT2D eigenvalue weighted by molar-refractivity contribution is -0.675. The van der Waals surface area contributed by atoms with Crippen LogP contribution in [0, 0.1) is 0 Å². The number of carbonyl (C=O) groups excluding carboxylic acids is 1. The molecule has 0 unspecified atom stereocenters. The van der Waals surface area contributed by atoms with E-state index >= 15 is 0 Å². The van der Waals surface area contributed by atoms with Crippen molar-refractivity contribution in [2.45, 2.75) is 19.4 Å². The highest BCUT2D eigenvalue weighted by atomic mass is 16.1. The van der Waals surface area contributed by atoms with E-state index < -0.39 is 0 Å². The van der Waals surface area contributed by atoms with Crippen LogP contribution >= 0.6 is 0 Å². The average molecular weight is 364 g/mol. The Kier molecular flexibility index (Phi) is 6.04. The fourth-order valence-corrected chi connectivity index (χ4v) is 3.14. The van der Waals surface area contributed by atoms with Crippen LogP contribution in [-0.4, -0.2) is 32.6 Å². The maximum absolute atomic E-state index is 12.5. The van der Waals surface area contributed by atoms with Crippen LogP contribution in [0.25, 0.3) is 10.9 Å². The first kappa shape index (κ1) is 18.9. The minimum Gasteiger partial charge on any atom is -0.336 e. The van der Waals surface area contributed by atoms with Crippen molar-refractivity contribution in [2.24, 2.45) is 0 Å². The lowest BCUT2D eigenvalue weighted by Gasteiger charge is -2.13. The SMILES string of the molecule is C[C@H](Cc1ccccc1)[NH2+]CC(=O)Nc1cc(N(C)C)[nH+]c2ccccc12. The Morgan fingerprint density at radius 3 is 2.56 bits per heavy atom. The van der Waals surface area contributed by atoms with Crippen molar-refractivity contribution in [3.8, 4) is 0 Å². The van der Waals surface area contributed by atoms with E-state index in [9.17, 15) is 4.79 Å². The third-order valence-electron chi connectivity index (χ3n) is 4.62. The molecule has 0 bridgehead atoms. The number of nitrogens with zero attached hydrogens (tertiary/aromatic N) is 1. The van der Waals surface area contributed by atoms with E-state index in [0.717, 1.165) is 28.8 Å². The minimum absolute atomic E-state index is 0.0102. The molecule has 5 heteroatoms. The highest BCUT2D eigenvalue weighted by Crippen LogP contribution is 2.23. The molecule has 140 valence electrons. The second-order valence-corrected chi connectivity index (χ2v) is 7.16. The average Bonchev–Trinajstić information content (AvgIpc) is 2.67. The number of pyridine rings is 1. The fraction of sp³-hybridized carbons (Fsp3) is 0.273. The second-order valence-electron chi connectivity index (χ2n) is 7.16. The van der Waals surface area contributed by atoms with Crippen molar-refractivity contribution in [1.29, 1.82) is 0 Å². The fourth-order valence-electron chi connectivity index (χ4n) is 3.14. The number of nitrogens with one attached hydrogen (secondary N) is 2. The van der Waals surface area contributed by atoms with Gasteiger partial charge < -0.3 is 10.6 Å². The molecule has 0 aliphatic rings. The van der Waals surface area contributed by atoms with E-state index in [2.05, 4.69) is 46.8 Å². The monoisotopic (exact) mass is 364 g/mol. The molecule has 0 saturated heterocycles. The zero-order chi connectivity index (χ0) is 19.2. The molecule has 3 aromatic rings. The van der Waals surface area contributed by atoms with E-state index in [1.165, 1.54) is 5.56 Å². The van der Waals surface area contributed by atoms with Crippen LogP contribution in [0.1, 0.15) is 12.5 Å². The van der Waals surface area contributed by atoms with Crippen LogP contribution in [-0.2, 0) is 11.2 Å². The maximum atomic E-state index is 12.5. The summed E-state index contributed by atoms with van der Waals surface area (Å²) in [6.07, 6.45) is 0.947. The highest BCUT2D eigenvalue weighted by Gasteiger charge is 2.15. The molecule has 0 aliphatic heterocycles. The van der Waals surface area contributed by atoms with Gasteiger partial charge in [-0.2, -0.15) is 0 Å². The van der Waals surface area contributed by atoms with Gasteiger partial charge in [0, 0.05) is 11.8 Å². The number of fused-ring (bicyclic) bond motifs is 1. The van der Waals surface area contributed by atoms with Crippen molar-refractivity contribution in [3.05, 3.63) is 66.2 Å². The lowest BCUT2D eigenvalue weighted by atomic mass is 10.1. The van der Waals surface area contributed by atoms with E-state index in [1.54, 1.807) is 0 Å². The largest absolute Gasteiger partial charge is 0.336 e. The predicted molar refractivity (Wildman–Crippen MR) is 110 cm³/mol. The Balaban J connectivity index is 1.65. The molecule has 0 aliphatic carbocycles. The number of aromatic nitrogens is 1. The third-order valence-corrected chi connectivity index (χ3v) is 4.62. The Morgan fingerprint density at radius 2 is 1.81 bits per heavy atom. The van der Waals surface area contributed by atoms with Gasteiger partial charge in [0.2, 0.25) is 0 Å². The molecule has 1 aromatic heterocycles. The first-order chi connectivity index (χ1) is 13.0. The Labute approximate surface area is 160 Å². The molecule has 1 atom stereocenters. The first-order valence-corrected chi connectivity index (χ1v) is 9.32. The van der Waals surface area contributed by atoms with Gasteiger partial charge in [-0.25, -0.2) is 4.98 Å². The number of aromatic amines is 1. The molecule has 0 spiro atoms. The molecule has 27 heavy (non-hydrogen) atoms. The summed E-state index contributed by atoms with van der Waals surface area (Å²) in [4.78, 5) is 17.9. The van der Waals surface area contributed by atoms with Gasteiger partial charge in [-0.05, 0) is 24.6 Å².